The van der Waals surface area contributed by atoms with Gasteiger partial charge in [0.1, 0.15) is 0 Å². The number of nitriles is 1. The zero-order valence-corrected chi connectivity index (χ0v) is 6.27. The highest BCUT2D eigenvalue weighted by Gasteiger charge is 2.14. The summed E-state index contributed by atoms with van der Waals surface area (Å²) in [5, 5.41) is 8.43. The van der Waals surface area contributed by atoms with Gasteiger partial charge in [-0.3, -0.25) is 0 Å². The lowest BCUT2D eigenvalue weighted by atomic mass is 9.85. The van der Waals surface area contributed by atoms with Crippen LogP contribution in [0, 0.1) is 17.2 Å². The summed E-state index contributed by atoms with van der Waals surface area (Å²) >= 11 is 0. The van der Waals surface area contributed by atoms with Crippen molar-refractivity contribution in [2.75, 3.05) is 0 Å². The third-order valence-electron chi connectivity index (χ3n) is 2.10. The van der Waals surface area contributed by atoms with Crippen LogP contribution in [0.3, 0.4) is 0 Å². The average molecular weight is 135 g/mol. The molecule has 1 fully saturated rings. The van der Waals surface area contributed by atoms with E-state index in [1.165, 1.54) is 24.8 Å². The Morgan fingerprint density at radius 2 is 2.50 bits per heavy atom. The van der Waals surface area contributed by atoms with Gasteiger partial charge in [-0.15, -0.1) is 0 Å². The number of allylic oxidation sites excluding steroid dienone is 1. The van der Waals surface area contributed by atoms with Crippen LogP contribution in [0.2, 0.25) is 0 Å². The predicted molar refractivity (Wildman–Crippen MR) is 41.3 cm³/mol. The largest absolute Gasteiger partial charge is 0.198 e. The summed E-state index contributed by atoms with van der Waals surface area (Å²) in [6.45, 7) is 3.94. The topological polar surface area (TPSA) is 23.8 Å². The van der Waals surface area contributed by atoms with Crippen LogP contribution in [-0.2, 0) is 0 Å². The zero-order chi connectivity index (χ0) is 7.40. The maximum absolute atomic E-state index is 8.43. The van der Waals surface area contributed by atoms with Crippen LogP contribution in [0.1, 0.15) is 32.1 Å². The van der Waals surface area contributed by atoms with Crippen molar-refractivity contribution in [3.63, 3.8) is 0 Å². The van der Waals surface area contributed by atoms with Gasteiger partial charge in [-0.2, -0.15) is 5.26 Å². The van der Waals surface area contributed by atoms with E-state index in [0.29, 0.717) is 5.92 Å². The van der Waals surface area contributed by atoms with Crippen LogP contribution in [0.4, 0.5) is 0 Å². The molecule has 1 aliphatic rings. The molecule has 0 radical (unpaired) electrons. The molecule has 54 valence electrons. The number of hydrogen-bond donors (Lipinski definition) is 0. The molecule has 10 heavy (non-hydrogen) atoms. The molecule has 1 rings (SSSR count). The van der Waals surface area contributed by atoms with Gasteiger partial charge in [0.25, 0.3) is 0 Å². The SMILES string of the molecule is C=C1CCCC(CC#N)C1. The standard InChI is InChI=1S/C9H13N/c1-8-3-2-4-9(7-8)5-6-10/h9H,1-5,7H2. The molecule has 0 heterocycles. The van der Waals surface area contributed by atoms with Crippen LogP contribution in [-0.4, -0.2) is 0 Å². The summed E-state index contributed by atoms with van der Waals surface area (Å²) in [5.74, 6) is 0.617. The molecule has 0 saturated heterocycles. The second-order valence-electron chi connectivity index (χ2n) is 3.07. The van der Waals surface area contributed by atoms with Crippen molar-refractivity contribution in [3.05, 3.63) is 12.2 Å². The molecule has 0 aromatic heterocycles. The Hall–Kier alpha value is -0.770. The van der Waals surface area contributed by atoms with Gasteiger partial charge in [-0.1, -0.05) is 12.2 Å². The Bertz CT molecular complexity index is 164. The Kier molecular flexibility index (Phi) is 2.50. The van der Waals surface area contributed by atoms with E-state index in [1.807, 2.05) is 0 Å². The van der Waals surface area contributed by atoms with Gasteiger partial charge in [-0.25, -0.2) is 0 Å². The van der Waals surface area contributed by atoms with E-state index in [9.17, 15) is 0 Å². The molecule has 0 N–H and O–H groups in total. The Morgan fingerprint density at radius 3 is 3.10 bits per heavy atom. The summed E-state index contributed by atoms with van der Waals surface area (Å²) in [7, 11) is 0. The van der Waals surface area contributed by atoms with Gasteiger partial charge < -0.3 is 0 Å². The van der Waals surface area contributed by atoms with E-state index in [4.69, 9.17) is 5.26 Å². The molecule has 1 aliphatic carbocycles. The van der Waals surface area contributed by atoms with Crippen molar-refractivity contribution in [3.8, 4) is 6.07 Å². The highest BCUT2D eigenvalue weighted by atomic mass is 14.3. The van der Waals surface area contributed by atoms with E-state index in [-0.39, 0.29) is 0 Å². The van der Waals surface area contributed by atoms with E-state index in [1.54, 1.807) is 0 Å². The normalized spacial score (nSPS) is 25.9. The lowest BCUT2D eigenvalue weighted by Gasteiger charge is -2.20. The summed E-state index contributed by atoms with van der Waals surface area (Å²) in [5.41, 5.74) is 1.34. The van der Waals surface area contributed by atoms with Crippen LogP contribution in [0.15, 0.2) is 12.2 Å². The Labute approximate surface area is 62.4 Å². The monoisotopic (exact) mass is 135 g/mol. The summed E-state index contributed by atoms with van der Waals surface area (Å²) < 4.78 is 0. The first kappa shape index (κ1) is 7.34. The van der Waals surface area contributed by atoms with E-state index in [2.05, 4.69) is 12.6 Å². The molecule has 1 saturated carbocycles. The Balaban J connectivity index is 2.34. The molecule has 0 spiro atoms. The summed E-state index contributed by atoms with van der Waals surface area (Å²) in [6.07, 6.45) is 5.46. The molecule has 1 unspecified atom stereocenters. The zero-order valence-electron chi connectivity index (χ0n) is 6.27. The lowest BCUT2D eigenvalue weighted by Crippen LogP contribution is -2.06. The van der Waals surface area contributed by atoms with Crippen molar-refractivity contribution >= 4 is 0 Å². The first-order valence-corrected chi connectivity index (χ1v) is 3.86. The third-order valence-corrected chi connectivity index (χ3v) is 2.10. The molecule has 0 amide bonds. The lowest BCUT2D eigenvalue weighted by molar-refractivity contribution is 0.427. The van der Waals surface area contributed by atoms with E-state index >= 15 is 0 Å². The van der Waals surface area contributed by atoms with Gasteiger partial charge in [0, 0.05) is 6.42 Å². The van der Waals surface area contributed by atoms with Gasteiger partial charge in [0.05, 0.1) is 6.07 Å². The maximum Gasteiger partial charge on any atom is 0.0624 e. The molecule has 0 aliphatic heterocycles. The van der Waals surface area contributed by atoms with Crippen molar-refractivity contribution < 1.29 is 0 Å². The van der Waals surface area contributed by atoms with Gasteiger partial charge in [-0.05, 0) is 31.6 Å². The highest BCUT2D eigenvalue weighted by molar-refractivity contribution is 5.00. The predicted octanol–water partition coefficient (Wildman–Crippen LogP) is 2.65. The molecule has 1 nitrogen and oxygen atoms in total. The molecule has 0 aromatic carbocycles. The minimum absolute atomic E-state index is 0.617. The maximum atomic E-state index is 8.43. The van der Waals surface area contributed by atoms with Crippen LogP contribution < -0.4 is 0 Å². The number of nitrogens with zero attached hydrogens (tertiary/aromatic N) is 1. The summed E-state index contributed by atoms with van der Waals surface area (Å²) in [6, 6.07) is 2.22. The second kappa shape index (κ2) is 3.41. The highest BCUT2D eigenvalue weighted by Crippen LogP contribution is 2.28. The van der Waals surface area contributed by atoms with Crippen molar-refractivity contribution in [1.29, 1.82) is 5.26 Å². The van der Waals surface area contributed by atoms with Crippen molar-refractivity contribution in [2.24, 2.45) is 5.92 Å². The molecule has 1 heteroatoms. The van der Waals surface area contributed by atoms with Crippen LogP contribution in [0.5, 0.6) is 0 Å². The third kappa shape index (κ3) is 1.88. The van der Waals surface area contributed by atoms with Crippen LogP contribution in [0.25, 0.3) is 0 Å². The molecule has 0 bridgehead atoms. The van der Waals surface area contributed by atoms with Crippen LogP contribution >= 0.6 is 0 Å². The Morgan fingerprint density at radius 1 is 1.70 bits per heavy atom. The fourth-order valence-corrected chi connectivity index (χ4v) is 1.56. The summed E-state index contributed by atoms with van der Waals surface area (Å²) in [4.78, 5) is 0. The molecular weight excluding hydrogens is 122 g/mol. The fraction of sp³-hybridized carbons (Fsp3) is 0.667. The first-order valence-electron chi connectivity index (χ1n) is 3.86. The quantitative estimate of drug-likeness (QED) is 0.507. The minimum atomic E-state index is 0.617. The van der Waals surface area contributed by atoms with Crippen molar-refractivity contribution in [2.45, 2.75) is 32.1 Å². The minimum Gasteiger partial charge on any atom is -0.198 e. The van der Waals surface area contributed by atoms with E-state index < -0.39 is 0 Å². The smallest absolute Gasteiger partial charge is 0.0624 e. The fourth-order valence-electron chi connectivity index (χ4n) is 1.56. The van der Waals surface area contributed by atoms with Gasteiger partial charge in [0.2, 0.25) is 0 Å². The van der Waals surface area contributed by atoms with E-state index in [0.717, 1.165) is 12.8 Å². The number of rotatable bonds is 1. The molecule has 1 atom stereocenters. The molecule has 0 aromatic rings. The number of hydrogen-bond acceptors (Lipinski definition) is 1. The second-order valence-corrected chi connectivity index (χ2v) is 3.07. The van der Waals surface area contributed by atoms with Gasteiger partial charge >= 0.3 is 0 Å². The first-order chi connectivity index (χ1) is 4.83. The average Bonchev–Trinajstić information content (AvgIpc) is 1.88. The van der Waals surface area contributed by atoms with Gasteiger partial charge in [0.15, 0.2) is 0 Å². The molecular formula is C9H13N. The van der Waals surface area contributed by atoms with Crippen molar-refractivity contribution in [1.82, 2.24) is 0 Å².